The average Bonchev–Trinajstić information content (AvgIpc) is 3.04. The van der Waals surface area contributed by atoms with Crippen molar-refractivity contribution in [2.45, 2.75) is 6.42 Å². The quantitative estimate of drug-likeness (QED) is 0.845. The summed E-state index contributed by atoms with van der Waals surface area (Å²) in [6.07, 6.45) is 3.10. The van der Waals surface area contributed by atoms with Crippen molar-refractivity contribution in [3.8, 4) is 10.6 Å². The predicted molar refractivity (Wildman–Crippen MR) is 90.5 cm³/mol. The van der Waals surface area contributed by atoms with Crippen LogP contribution in [0, 0.1) is 0 Å². The van der Waals surface area contributed by atoms with Gasteiger partial charge in [-0.05, 0) is 19.0 Å². The van der Waals surface area contributed by atoms with Gasteiger partial charge >= 0.3 is 0 Å². The first-order chi connectivity index (χ1) is 10.7. The van der Waals surface area contributed by atoms with Gasteiger partial charge in [-0.3, -0.25) is 4.79 Å². The first-order valence-corrected chi connectivity index (χ1v) is 8.37. The van der Waals surface area contributed by atoms with Gasteiger partial charge in [-0.15, -0.1) is 11.3 Å². The molecule has 1 aromatic heterocycles. The molecule has 0 atom stereocenters. The van der Waals surface area contributed by atoms with E-state index < -0.39 is 0 Å². The highest BCUT2D eigenvalue weighted by Gasteiger charge is 2.14. The Kier molecular flexibility index (Phi) is 4.87. The van der Waals surface area contributed by atoms with Gasteiger partial charge in [0.15, 0.2) is 0 Å². The topological polar surface area (TPSA) is 54.0 Å². The molecule has 0 bridgehead atoms. The molecule has 0 aliphatic carbocycles. The molecule has 1 aliphatic heterocycles. The van der Waals surface area contributed by atoms with Gasteiger partial charge in [0.25, 0.3) is 5.91 Å². The lowest BCUT2D eigenvalue weighted by Crippen LogP contribution is -2.29. The summed E-state index contributed by atoms with van der Waals surface area (Å²) in [7, 11) is 0. The van der Waals surface area contributed by atoms with Crippen LogP contribution in [0.15, 0.2) is 41.3 Å². The molecule has 114 valence electrons. The Bertz CT molecular complexity index is 711. The zero-order valence-corrected chi connectivity index (χ0v) is 13.5. The van der Waals surface area contributed by atoms with E-state index in [1.54, 1.807) is 5.38 Å². The molecule has 1 aromatic carbocycles. The second-order valence-corrected chi connectivity index (χ2v) is 6.28. The number of carbonyl (C=O) groups is 1. The maximum Gasteiger partial charge on any atom is 0.271 e. The Morgan fingerprint density at radius 1 is 1.41 bits per heavy atom. The number of carbonyl (C=O) groups excluding carboxylic acids is 1. The minimum atomic E-state index is -0.144. The molecule has 2 heterocycles. The number of nitrogens with zero attached hydrogens (tertiary/aromatic N) is 1. The SMILES string of the molecule is O=C(NCC1=CCNCC1)c1csc(-c2ccccc2Cl)n1. The minimum absolute atomic E-state index is 0.144. The van der Waals surface area contributed by atoms with Crippen molar-refractivity contribution >= 4 is 28.8 Å². The third-order valence-electron chi connectivity index (χ3n) is 3.48. The van der Waals surface area contributed by atoms with E-state index in [1.807, 2.05) is 24.3 Å². The molecule has 1 aliphatic rings. The molecule has 0 saturated heterocycles. The lowest BCUT2D eigenvalue weighted by atomic mass is 10.1. The number of thiazole rings is 1. The molecule has 0 unspecified atom stereocenters. The van der Waals surface area contributed by atoms with Crippen LogP contribution < -0.4 is 10.6 Å². The number of aromatic nitrogens is 1. The van der Waals surface area contributed by atoms with Crippen molar-refractivity contribution in [3.05, 3.63) is 52.0 Å². The molecular formula is C16H16ClN3OS. The third kappa shape index (κ3) is 3.55. The molecule has 3 rings (SSSR count). The molecule has 6 heteroatoms. The number of amides is 1. The smallest absolute Gasteiger partial charge is 0.271 e. The van der Waals surface area contributed by atoms with Crippen LogP contribution in [0.25, 0.3) is 10.6 Å². The fourth-order valence-corrected chi connectivity index (χ4v) is 3.37. The number of halogens is 1. The molecule has 0 radical (unpaired) electrons. The summed E-state index contributed by atoms with van der Waals surface area (Å²) in [5, 5.41) is 9.34. The molecule has 2 N–H and O–H groups in total. The van der Waals surface area contributed by atoms with Crippen molar-refractivity contribution in [1.82, 2.24) is 15.6 Å². The van der Waals surface area contributed by atoms with E-state index in [1.165, 1.54) is 16.9 Å². The van der Waals surface area contributed by atoms with E-state index in [9.17, 15) is 4.79 Å². The van der Waals surface area contributed by atoms with Crippen molar-refractivity contribution in [1.29, 1.82) is 0 Å². The molecule has 4 nitrogen and oxygen atoms in total. The summed E-state index contributed by atoms with van der Waals surface area (Å²) in [5.74, 6) is -0.144. The van der Waals surface area contributed by atoms with Crippen LogP contribution in [0.2, 0.25) is 5.02 Å². The standard InChI is InChI=1S/C16H16ClN3OS/c17-13-4-2-1-3-12(13)16-20-14(10-22-16)15(21)19-9-11-5-7-18-8-6-11/h1-5,10,18H,6-9H2,(H,19,21). The van der Waals surface area contributed by atoms with E-state index >= 15 is 0 Å². The number of hydrogen-bond donors (Lipinski definition) is 2. The van der Waals surface area contributed by atoms with Crippen LogP contribution in [-0.2, 0) is 0 Å². The summed E-state index contributed by atoms with van der Waals surface area (Å²) in [6, 6.07) is 7.51. The lowest BCUT2D eigenvalue weighted by Gasteiger charge is -2.14. The second-order valence-electron chi connectivity index (χ2n) is 5.02. The van der Waals surface area contributed by atoms with Gasteiger partial charge in [-0.1, -0.05) is 41.4 Å². The van der Waals surface area contributed by atoms with Crippen molar-refractivity contribution in [3.63, 3.8) is 0 Å². The van der Waals surface area contributed by atoms with Crippen LogP contribution in [0.5, 0.6) is 0 Å². The largest absolute Gasteiger partial charge is 0.347 e. The Balaban J connectivity index is 1.67. The van der Waals surface area contributed by atoms with Gasteiger partial charge in [0.05, 0.1) is 5.02 Å². The highest BCUT2D eigenvalue weighted by atomic mass is 35.5. The highest BCUT2D eigenvalue weighted by Crippen LogP contribution is 2.29. The molecule has 22 heavy (non-hydrogen) atoms. The first-order valence-electron chi connectivity index (χ1n) is 7.11. The van der Waals surface area contributed by atoms with Gasteiger partial charge in [0.2, 0.25) is 0 Å². The van der Waals surface area contributed by atoms with Crippen LogP contribution in [-0.4, -0.2) is 30.5 Å². The summed E-state index contributed by atoms with van der Waals surface area (Å²) >= 11 is 7.59. The zero-order chi connectivity index (χ0) is 15.4. The molecule has 0 spiro atoms. The van der Waals surface area contributed by atoms with E-state index in [0.29, 0.717) is 17.3 Å². The van der Waals surface area contributed by atoms with Gasteiger partial charge in [-0.2, -0.15) is 0 Å². The van der Waals surface area contributed by atoms with Crippen LogP contribution >= 0.6 is 22.9 Å². The summed E-state index contributed by atoms with van der Waals surface area (Å²) < 4.78 is 0. The van der Waals surface area contributed by atoms with Crippen LogP contribution in [0.3, 0.4) is 0 Å². The molecule has 0 fully saturated rings. The maximum atomic E-state index is 12.2. The fraction of sp³-hybridized carbons (Fsp3) is 0.250. The third-order valence-corrected chi connectivity index (χ3v) is 4.68. The zero-order valence-electron chi connectivity index (χ0n) is 11.9. The van der Waals surface area contributed by atoms with Gasteiger partial charge in [0.1, 0.15) is 10.7 Å². The normalized spacial score (nSPS) is 14.5. The lowest BCUT2D eigenvalue weighted by molar-refractivity contribution is 0.0952. The Hall–Kier alpha value is -1.69. The molecule has 1 amide bonds. The number of rotatable bonds is 4. The summed E-state index contributed by atoms with van der Waals surface area (Å²) in [5.41, 5.74) is 2.55. The monoisotopic (exact) mass is 333 g/mol. The average molecular weight is 334 g/mol. The van der Waals surface area contributed by atoms with Crippen molar-refractivity contribution < 1.29 is 4.79 Å². The number of hydrogen-bond acceptors (Lipinski definition) is 4. The predicted octanol–water partition coefficient (Wildman–Crippen LogP) is 3.11. The van der Waals surface area contributed by atoms with E-state index in [-0.39, 0.29) is 5.91 Å². The second kappa shape index (κ2) is 7.05. The minimum Gasteiger partial charge on any atom is -0.347 e. The molecular weight excluding hydrogens is 318 g/mol. The van der Waals surface area contributed by atoms with E-state index in [2.05, 4.69) is 21.7 Å². The van der Waals surface area contributed by atoms with Crippen LogP contribution in [0.1, 0.15) is 16.9 Å². The van der Waals surface area contributed by atoms with E-state index in [4.69, 9.17) is 11.6 Å². The molecule has 0 saturated carbocycles. The maximum absolute atomic E-state index is 12.2. The van der Waals surface area contributed by atoms with Gasteiger partial charge < -0.3 is 10.6 Å². The fourth-order valence-electron chi connectivity index (χ4n) is 2.25. The number of nitrogens with one attached hydrogen (secondary N) is 2. The molecule has 2 aromatic rings. The summed E-state index contributed by atoms with van der Waals surface area (Å²) in [4.78, 5) is 16.6. The Labute approximate surface area is 138 Å². The van der Waals surface area contributed by atoms with Gasteiger partial charge in [0, 0.05) is 24.0 Å². The van der Waals surface area contributed by atoms with Crippen LogP contribution in [0.4, 0.5) is 0 Å². The first kappa shape index (κ1) is 15.2. The Morgan fingerprint density at radius 2 is 2.27 bits per heavy atom. The van der Waals surface area contributed by atoms with Crippen molar-refractivity contribution in [2.24, 2.45) is 0 Å². The van der Waals surface area contributed by atoms with Crippen molar-refractivity contribution in [2.75, 3.05) is 19.6 Å². The summed E-state index contributed by atoms with van der Waals surface area (Å²) in [6.45, 7) is 2.42. The highest BCUT2D eigenvalue weighted by molar-refractivity contribution is 7.13. The number of benzene rings is 1. The van der Waals surface area contributed by atoms with Gasteiger partial charge in [-0.25, -0.2) is 4.98 Å². The Morgan fingerprint density at radius 3 is 3.05 bits per heavy atom. The van der Waals surface area contributed by atoms with E-state index in [0.717, 1.165) is 30.1 Å².